The molecule has 0 amide bonds. The Hall–Kier alpha value is -1.71. The minimum absolute atomic E-state index is 0.175. The van der Waals surface area contributed by atoms with Crippen molar-refractivity contribution in [1.29, 1.82) is 0 Å². The summed E-state index contributed by atoms with van der Waals surface area (Å²) < 4.78 is 0. The maximum absolute atomic E-state index is 10.5. The molecule has 2 rings (SSSR count). The van der Waals surface area contributed by atoms with Crippen molar-refractivity contribution < 1.29 is 9.90 Å². The van der Waals surface area contributed by atoms with Crippen molar-refractivity contribution in [2.75, 3.05) is 23.3 Å². The summed E-state index contributed by atoms with van der Waals surface area (Å²) >= 11 is 0. The first-order valence-electron chi connectivity index (χ1n) is 6.98. The molecular formula is C15H22N2O2. The highest BCUT2D eigenvalue weighted by molar-refractivity contribution is 5.66. The van der Waals surface area contributed by atoms with Gasteiger partial charge in [0.2, 0.25) is 0 Å². The smallest absolute Gasteiger partial charge is 0.303 e. The molecule has 1 aromatic rings. The number of carboxylic acid groups (broad SMARTS) is 1. The van der Waals surface area contributed by atoms with Gasteiger partial charge < -0.3 is 15.3 Å². The molecule has 1 heterocycles. The largest absolute Gasteiger partial charge is 0.481 e. The Morgan fingerprint density at radius 3 is 2.53 bits per heavy atom. The van der Waals surface area contributed by atoms with E-state index >= 15 is 0 Å². The van der Waals surface area contributed by atoms with E-state index in [0.29, 0.717) is 6.42 Å². The molecule has 1 saturated heterocycles. The summed E-state index contributed by atoms with van der Waals surface area (Å²) in [5.41, 5.74) is 2.34. The molecule has 1 unspecified atom stereocenters. The van der Waals surface area contributed by atoms with Gasteiger partial charge in [0.15, 0.2) is 0 Å². The van der Waals surface area contributed by atoms with Crippen LogP contribution in [0.4, 0.5) is 11.4 Å². The normalized spacial score (nSPS) is 16.4. The van der Waals surface area contributed by atoms with Crippen LogP contribution in [-0.2, 0) is 4.79 Å². The third-order valence-corrected chi connectivity index (χ3v) is 3.54. The summed E-state index contributed by atoms with van der Waals surface area (Å²) in [5, 5.41) is 12.0. The lowest BCUT2D eigenvalue weighted by atomic mass is 10.1. The van der Waals surface area contributed by atoms with E-state index in [1.54, 1.807) is 0 Å². The van der Waals surface area contributed by atoms with Crippen molar-refractivity contribution in [3.8, 4) is 0 Å². The van der Waals surface area contributed by atoms with Crippen molar-refractivity contribution in [2.45, 2.75) is 38.6 Å². The van der Waals surface area contributed by atoms with Crippen molar-refractivity contribution in [1.82, 2.24) is 0 Å². The van der Waals surface area contributed by atoms with Gasteiger partial charge in [0.05, 0.1) is 0 Å². The lowest BCUT2D eigenvalue weighted by molar-refractivity contribution is -0.137. The molecule has 1 fully saturated rings. The molecule has 4 heteroatoms. The van der Waals surface area contributed by atoms with Gasteiger partial charge in [-0.1, -0.05) is 0 Å². The van der Waals surface area contributed by atoms with E-state index in [2.05, 4.69) is 34.5 Å². The third kappa shape index (κ3) is 4.16. The third-order valence-electron chi connectivity index (χ3n) is 3.54. The number of aliphatic carboxylic acids is 1. The maximum atomic E-state index is 10.5. The predicted molar refractivity (Wildman–Crippen MR) is 77.8 cm³/mol. The second-order valence-electron chi connectivity index (χ2n) is 5.22. The Bertz CT molecular complexity index is 411. The van der Waals surface area contributed by atoms with Gasteiger partial charge in [-0.25, -0.2) is 0 Å². The lowest BCUT2D eigenvalue weighted by Gasteiger charge is -2.19. The van der Waals surface area contributed by atoms with Gasteiger partial charge in [-0.15, -0.1) is 0 Å². The van der Waals surface area contributed by atoms with Gasteiger partial charge in [-0.2, -0.15) is 0 Å². The van der Waals surface area contributed by atoms with E-state index in [0.717, 1.165) is 18.8 Å². The van der Waals surface area contributed by atoms with Gasteiger partial charge in [0.1, 0.15) is 0 Å². The number of benzene rings is 1. The zero-order valence-corrected chi connectivity index (χ0v) is 11.4. The fourth-order valence-corrected chi connectivity index (χ4v) is 2.44. The summed E-state index contributed by atoms with van der Waals surface area (Å²) in [7, 11) is 0. The van der Waals surface area contributed by atoms with Crippen molar-refractivity contribution in [3.63, 3.8) is 0 Å². The minimum Gasteiger partial charge on any atom is -0.481 e. The molecule has 2 N–H and O–H groups in total. The highest BCUT2D eigenvalue weighted by Gasteiger charge is 2.12. The van der Waals surface area contributed by atoms with Gasteiger partial charge in [0.25, 0.3) is 0 Å². The Morgan fingerprint density at radius 2 is 1.95 bits per heavy atom. The lowest BCUT2D eigenvalue weighted by Crippen LogP contribution is -2.18. The average molecular weight is 262 g/mol. The predicted octanol–water partition coefficient (Wildman–Crippen LogP) is 2.95. The molecule has 0 radical (unpaired) electrons. The first-order valence-corrected chi connectivity index (χ1v) is 6.98. The minimum atomic E-state index is -0.738. The molecule has 0 aliphatic carbocycles. The first kappa shape index (κ1) is 13.7. The molecule has 1 aliphatic rings. The zero-order chi connectivity index (χ0) is 13.7. The number of carboxylic acids is 1. The molecule has 1 aliphatic heterocycles. The van der Waals surface area contributed by atoms with Gasteiger partial charge in [-0.05, 0) is 50.5 Å². The Morgan fingerprint density at radius 1 is 1.32 bits per heavy atom. The van der Waals surface area contributed by atoms with Crippen LogP contribution < -0.4 is 10.2 Å². The van der Waals surface area contributed by atoms with Crippen molar-refractivity contribution >= 4 is 17.3 Å². The summed E-state index contributed by atoms with van der Waals surface area (Å²) in [5.74, 6) is -0.738. The van der Waals surface area contributed by atoms with Crippen LogP contribution in [0.25, 0.3) is 0 Å². The van der Waals surface area contributed by atoms with Crippen molar-refractivity contribution in [2.24, 2.45) is 0 Å². The van der Waals surface area contributed by atoms with Crippen LogP contribution in [0.15, 0.2) is 24.3 Å². The Kier molecular flexibility index (Phi) is 4.66. The second-order valence-corrected chi connectivity index (χ2v) is 5.22. The molecule has 0 aromatic heterocycles. The van der Waals surface area contributed by atoms with E-state index in [9.17, 15) is 4.79 Å². The zero-order valence-electron chi connectivity index (χ0n) is 11.4. The highest BCUT2D eigenvalue weighted by Crippen LogP contribution is 2.22. The van der Waals surface area contributed by atoms with E-state index in [1.807, 2.05) is 6.92 Å². The number of rotatable bonds is 6. The van der Waals surface area contributed by atoms with Crippen LogP contribution in [0.5, 0.6) is 0 Å². The molecule has 4 nitrogen and oxygen atoms in total. The molecule has 0 bridgehead atoms. The average Bonchev–Trinajstić information content (AvgIpc) is 2.91. The number of hydrogen-bond acceptors (Lipinski definition) is 3. The van der Waals surface area contributed by atoms with Crippen LogP contribution in [-0.4, -0.2) is 30.2 Å². The van der Waals surface area contributed by atoms with E-state index in [4.69, 9.17) is 5.11 Å². The monoisotopic (exact) mass is 262 g/mol. The molecule has 1 atom stereocenters. The quantitative estimate of drug-likeness (QED) is 0.827. The molecule has 19 heavy (non-hydrogen) atoms. The van der Waals surface area contributed by atoms with E-state index in [-0.39, 0.29) is 12.5 Å². The molecule has 104 valence electrons. The number of nitrogens with zero attached hydrogens (tertiary/aromatic N) is 1. The SMILES string of the molecule is CC(CCC(=O)O)Nc1ccc(N2CCCC2)cc1. The topological polar surface area (TPSA) is 52.6 Å². The summed E-state index contributed by atoms with van der Waals surface area (Å²) in [6, 6.07) is 8.60. The maximum Gasteiger partial charge on any atom is 0.303 e. The van der Waals surface area contributed by atoms with E-state index in [1.165, 1.54) is 18.5 Å². The number of carbonyl (C=O) groups is 1. The molecule has 1 aromatic carbocycles. The van der Waals surface area contributed by atoms with Crippen LogP contribution in [0, 0.1) is 0 Å². The van der Waals surface area contributed by atoms with Gasteiger partial charge in [0, 0.05) is 36.9 Å². The fraction of sp³-hybridized carbons (Fsp3) is 0.533. The number of nitrogens with one attached hydrogen (secondary N) is 1. The summed E-state index contributed by atoms with van der Waals surface area (Å²) in [6.45, 7) is 4.32. The number of hydrogen-bond donors (Lipinski definition) is 2. The first-order chi connectivity index (χ1) is 9.15. The van der Waals surface area contributed by atoms with Crippen LogP contribution in [0.2, 0.25) is 0 Å². The molecular weight excluding hydrogens is 240 g/mol. The standard InChI is InChI=1S/C15H22N2O2/c1-12(4-9-15(18)19)16-13-5-7-14(8-6-13)17-10-2-3-11-17/h5-8,12,16H,2-4,9-11H2,1H3,(H,18,19). The molecule has 0 saturated carbocycles. The van der Waals surface area contributed by atoms with Crippen LogP contribution >= 0.6 is 0 Å². The highest BCUT2D eigenvalue weighted by atomic mass is 16.4. The van der Waals surface area contributed by atoms with Gasteiger partial charge >= 0.3 is 5.97 Å². The fourth-order valence-electron chi connectivity index (χ4n) is 2.44. The van der Waals surface area contributed by atoms with Crippen LogP contribution in [0.3, 0.4) is 0 Å². The Balaban J connectivity index is 1.85. The summed E-state index contributed by atoms with van der Waals surface area (Å²) in [4.78, 5) is 12.9. The van der Waals surface area contributed by atoms with Crippen molar-refractivity contribution in [3.05, 3.63) is 24.3 Å². The molecule has 0 spiro atoms. The summed E-state index contributed by atoms with van der Waals surface area (Å²) in [6.07, 6.45) is 3.42. The van der Waals surface area contributed by atoms with E-state index < -0.39 is 5.97 Å². The van der Waals surface area contributed by atoms with Crippen LogP contribution in [0.1, 0.15) is 32.6 Å². The Labute approximate surface area is 114 Å². The second kappa shape index (κ2) is 6.45. The van der Waals surface area contributed by atoms with Gasteiger partial charge in [-0.3, -0.25) is 4.79 Å². The number of anilines is 2.